The molecule has 0 aliphatic rings. The molecule has 6 heteroatoms. The molecule has 0 aliphatic heterocycles. The van der Waals surface area contributed by atoms with Crippen molar-refractivity contribution in [3.8, 4) is 0 Å². The molecule has 0 atom stereocenters. The first-order valence-electron chi connectivity index (χ1n) is 5.73. The lowest BCUT2D eigenvalue weighted by atomic mass is 10.1. The van der Waals surface area contributed by atoms with E-state index < -0.39 is 12.2 Å². The summed E-state index contributed by atoms with van der Waals surface area (Å²) < 4.78 is 38.4. The Kier molecular flexibility index (Phi) is 4.94. The minimum atomic E-state index is -2.47. The van der Waals surface area contributed by atoms with Crippen LogP contribution >= 0.6 is 27.5 Å². The predicted molar refractivity (Wildman–Crippen MR) is 77.8 cm³/mol. The van der Waals surface area contributed by atoms with Gasteiger partial charge in [-0.25, -0.2) is 13.2 Å². The fourth-order valence-corrected chi connectivity index (χ4v) is 2.64. The van der Waals surface area contributed by atoms with Gasteiger partial charge in [0.2, 0.25) is 0 Å². The van der Waals surface area contributed by atoms with Gasteiger partial charge in [-0.05, 0) is 33.6 Å². The number of hydrogen-bond acceptors (Lipinski definition) is 1. The summed E-state index contributed by atoms with van der Waals surface area (Å²) in [7, 11) is 0. The average molecular weight is 365 g/mol. The van der Waals surface area contributed by atoms with E-state index in [0.717, 1.165) is 5.56 Å². The van der Waals surface area contributed by atoms with Crippen LogP contribution in [0.1, 0.15) is 17.6 Å². The maximum absolute atomic E-state index is 13.1. The summed E-state index contributed by atoms with van der Waals surface area (Å²) in [5.74, 6) is -0.436. The molecular formula is C14H10BrClF3N. The van der Waals surface area contributed by atoms with Crippen molar-refractivity contribution in [2.24, 2.45) is 0 Å². The average Bonchev–Trinajstić information content (AvgIpc) is 2.38. The van der Waals surface area contributed by atoms with Crippen molar-refractivity contribution >= 4 is 33.2 Å². The van der Waals surface area contributed by atoms with Gasteiger partial charge in [-0.2, -0.15) is 0 Å². The van der Waals surface area contributed by atoms with E-state index in [2.05, 4.69) is 21.2 Å². The molecular weight excluding hydrogens is 355 g/mol. The van der Waals surface area contributed by atoms with Gasteiger partial charge in [0.05, 0.1) is 10.7 Å². The van der Waals surface area contributed by atoms with Crippen LogP contribution in [0.3, 0.4) is 0 Å². The molecule has 0 radical (unpaired) electrons. The van der Waals surface area contributed by atoms with Gasteiger partial charge in [-0.15, -0.1) is 0 Å². The zero-order chi connectivity index (χ0) is 14.7. The Balaban J connectivity index is 2.09. The van der Waals surface area contributed by atoms with E-state index in [9.17, 15) is 13.2 Å². The molecule has 20 heavy (non-hydrogen) atoms. The third-order valence-electron chi connectivity index (χ3n) is 2.71. The van der Waals surface area contributed by atoms with E-state index in [1.807, 2.05) is 0 Å². The zero-order valence-corrected chi connectivity index (χ0v) is 12.5. The van der Waals surface area contributed by atoms with Crippen LogP contribution in [-0.2, 0) is 6.54 Å². The Morgan fingerprint density at radius 3 is 2.35 bits per heavy atom. The quantitative estimate of drug-likeness (QED) is 0.724. The van der Waals surface area contributed by atoms with Crippen molar-refractivity contribution in [2.45, 2.75) is 13.0 Å². The van der Waals surface area contributed by atoms with E-state index in [-0.39, 0.29) is 10.6 Å². The molecule has 0 spiro atoms. The van der Waals surface area contributed by atoms with Crippen LogP contribution in [0.5, 0.6) is 0 Å². The molecule has 1 nitrogen and oxygen atoms in total. The standard InChI is InChI=1S/C14H10BrClF3N/c15-11-5-10(17)6-12(16)13(11)20-7-8-1-3-9(4-2-8)14(18)19/h1-6,14,20H,7H2. The van der Waals surface area contributed by atoms with Crippen molar-refractivity contribution in [3.05, 3.63) is 62.8 Å². The first-order valence-corrected chi connectivity index (χ1v) is 6.90. The van der Waals surface area contributed by atoms with Crippen LogP contribution in [0.15, 0.2) is 40.9 Å². The van der Waals surface area contributed by atoms with Crippen LogP contribution in [0, 0.1) is 5.82 Å². The monoisotopic (exact) mass is 363 g/mol. The van der Waals surface area contributed by atoms with Crippen molar-refractivity contribution in [2.75, 3.05) is 5.32 Å². The highest BCUT2D eigenvalue weighted by Gasteiger charge is 2.09. The molecule has 0 amide bonds. The molecule has 0 saturated carbocycles. The third kappa shape index (κ3) is 3.67. The van der Waals surface area contributed by atoms with Crippen LogP contribution in [0.4, 0.5) is 18.9 Å². The molecule has 1 N–H and O–H groups in total. The van der Waals surface area contributed by atoms with Crippen molar-refractivity contribution in [1.29, 1.82) is 0 Å². The highest BCUT2D eigenvalue weighted by molar-refractivity contribution is 9.10. The first kappa shape index (κ1) is 15.2. The van der Waals surface area contributed by atoms with Crippen LogP contribution < -0.4 is 5.32 Å². The lowest BCUT2D eigenvalue weighted by Gasteiger charge is -2.11. The van der Waals surface area contributed by atoms with Gasteiger partial charge in [0, 0.05) is 16.6 Å². The molecule has 0 saturated heterocycles. The number of alkyl halides is 2. The highest BCUT2D eigenvalue weighted by atomic mass is 79.9. The number of benzene rings is 2. The smallest absolute Gasteiger partial charge is 0.263 e. The lowest BCUT2D eigenvalue weighted by molar-refractivity contribution is 0.151. The van der Waals surface area contributed by atoms with Crippen molar-refractivity contribution in [1.82, 2.24) is 0 Å². The fourth-order valence-electron chi connectivity index (χ4n) is 1.68. The van der Waals surface area contributed by atoms with Crippen LogP contribution in [0.2, 0.25) is 5.02 Å². The minimum absolute atomic E-state index is 0.0188. The van der Waals surface area contributed by atoms with E-state index in [1.165, 1.54) is 24.3 Å². The van der Waals surface area contributed by atoms with Gasteiger partial charge in [0.15, 0.2) is 0 Å². The highest BCUT2D eigenvalue weighted by Crippen LogP contribution is 2.32. The van der Waals surface area contributed by atoms with E-state index in [0.29, 0.717) is 16.7 Å². The number of nitrogens with one attached hydrogen (secondary N) is 1. The second kappa shape index (κ2) is 6.50. The van der Waals surface area contributed by atoms with Crippen molar-refractivity contribution in [3.63, 3.8) is 0 Å². The molecule has 0 aromatic heterocycles. The molecule has 0 bridgehead atoms. The predicted octanol–water partition coefficient (Wildman–Crippen LogP) is 5.79. The summed E-state index contributed by atoms with van der Waals surface area (Å²) in [6.07, 6.45) is -2.47. The van der Waals surface area contributed by atoms with Gasteiger partial charge in [-0.1, -0.05) is 35.9 Å². The summed E-state index contributed by atoms with van der Waals surface area (Å²) in [6.45, 7) is 0.396. The molecule has 0 unspecified atom stereocenters. The summed E-state index contributed by atoms with van der Waals surface area (Å²) in [4.78, 5) is 0. The summed E-state index contributed by atoms with van der Waals surface area (Å²) in [5.41, 5.74) is 1.36. The van der Waals surface area contributed by atoms with Gasteiger partial charge < -0.3 is 5.32 Å². The van der Waals surface area contributed by atoms with E-state index >= 15 is 0 Å². The van der Waals surface area contributed by atoms with Crippen molar-refractivity contribution < 1.29 is 13.2 Å². The lowest BCUT2D eigenvalue weighted by Crippen LogP contribution is -2.01. The maximum atomic E-state index is 13.1. The van der Waals surface area contributed by atoms with Gasteiger partial charge in [0.25, 0.3) is 6.43 Å². The van der Waals surface area contributed by atoms with Crippen LogP contribution in [-0.4, -0.2) is 0 Å². The fraction of sp³-hybridized carbons (Fsp3) is 0.143. The van der Waals surface area contributed by atoms with Gasteiger partial charge in [-0.3, -0.25) is 0 Å². The topological polar surface area (TPSA) is 12.0 Å². The van der Waals surface area contributed by atoms with Crippen LogP contribution in [0.25, 0.3) is 0 Å². The van der Waals surface area contributed by atoms with E-state index in [1.54, 1.807) is 12.1 Å². The number of hydrogen-bond donors (Lipinski definition) is 1. The zero-order valence-electron chi connectivity index (χ0n) is 10.1. The molecule has 0 aliphatic carbocycles. The van der Waals surface area contributed by atoms with E-state index in [4.69, 9.17) is 11.6 Å². The maximum Gasteiger partial charge on any atom is 0.263 e. The number of anilines is 1. The summed E-state index contributed by atoms with van der Waals surface area (Å²) in [5, 5.41) is 3.29. The Bertz CT molecular complexity index is 579. The van der Waals surface area contributed by atoms with Gasteiger partial charge >= 0.3 is 0 Å². The normalized spacial score (nSPS) is 10.9. The summed E-state index contributed by atoms with van der Waals surface area (Å²) >= 11 is 9.15. The van der Waals surface area contributed by atoms with Gasteiger partial charge in [0.1, 0.15) is 5.82 Å². The summed E-state index contributed by atoms with van der Waals surface area (Å²) in [6, 6.07) is 8.48. The second-order valence-corrected chi connectivity index (χ2v) is 5.40. The minimum Gasteiger partial charge on any atom is -0.379 e. The number of rotatable bonds is 4. The Morgan fingerprint density at radius 2 is 1.80 bits per heavy atom. The molecule has 0 fully saturated rings. The Morgan fingerprint density at radius 1 is 1.15 bits per heavy atom. The molecule has 2 aromatic rings. The Labute approximate surface area is 127 Å². The molecule has 106 valence electrons. The molecule has 0 heterocycles. The second-order valence-electron chi connectivity index (χ2n) is 4.14. The molecule has 2 aromatic carbocycles. The molecule has 2 rings (SSSR count). The first-order chi connectivity index (χ1) is 9.47. The SMILES string of the molecule is Fc1cc(Cl)c(NCc2ccc(C(F)F)cc2)c(Br)c1. The number of halogens is 5. The third-order valence-corrected chi connectivity index (χ3v) is 3.63. The largest absolute Gasteiger partial charge is 0.379 e. The Hall–Kier alpha value is -1.20.